The van der Waals surface area contributed by atoms with Gasteiger partial charge in [0, 0.05) is 0 Å². The van der Waals surface area contributed by atoms with Gasteiger partial charge in [0.25, 0.3) is 0 Å². The summed E-state index contributed by atoms with van der Waals surface area (Å²) < 4.78 is 0. The fourth-order valence-corrected chi connectivity index (χ4v) is 2.16. The van der Waals surface area contributed by atoms with Crippen LogP contribution in [-0.2, 0) is 19.3 Å². The summed E-state index contributed by atoms with van der Waals surface area (Å²) in [6.07, 6.45) is 2.39. The van der Waals surface area contributed by atoms with Crippen molar-refractivity contribution in [3.8, 4) is 12.1 Å². The third kappa shape index (κ3) is 2.55. The second-order valence-corrected chi connectivity index (χ2v) is 3.91. The number of rotatable bonds is 3. The molecule has 1 rings (SSSR count). The molecule has 0 saturated carbocycles. The molecule has 0 atom stereocenters. The van der Waals surface area contributed by atoms with Crippen molar-refractivity contribution in [2.24, 2.45) is 0 Å². The molecule has 2 N–H and O–H groups in total. The van der Waals surface area contributed by atoms with Crippen LogP contribution in [0.3, 0.4) is 0 Å². The zero-order valence-corrected chi connectivity index (χ0v) is 11.0. The Labute approximate surface area is 107 Å². The average molecular weight is 246 g/mol. The SMILES string of the molecule is CCc1cc(CC)c(C#[N+]O)c(CC)c1C#[N+]O. The summed E-state index contributed by atoms with van der Waals surface area (Å²) in [5, 5.41) is 23.5. The maximum atomic E-state index is 8.73. The average Bonchev–Trinajstić information content (AvgIpc) is 2.40. The highest BCUT2D eigenvalue weighted by Gasteiger charge is 2.20. The highest BCUT2D eigenvalue weighted by atomic mass is 16.4. The number of hydrogen-bond donors (Lipinski definition) is 2. The van der Waals surface area contributed by atoms with Crippen LogP contribution >= 0.6 is 0 Å². The molecule has 0 bridgehead atoms. The number of nitrogens with zero attached hydrogens (tertiary/aromatic N) is 2. The van der Waals surface area contributed by atoms with Gasteiger partial charge < -0.3 is 0 Å². The second-order valence-electron chi connectivity index (χ2n) is 3.91. The molecule has 0 fully saturated rings. The van der Waals surface area contributed by atoms with E-state index in [-0.39, 0.29) is 0 Å². The van der Waals surface area contributed by atoms with Gasteiger partial charge in [-0.15, -0.1) is 0 Å². The third-order valence-corrected chi connectivity index (χ3v) is 3.03. The van der Waals surface area contributed by atoms with Crippen molar-refractivity contribution >= 4 is 0 Å². The molecule has 0 spiro atoms. The lowest BCUT2D eigenvalue weighted by Crippen LogP contribution is -2.03. The molecule has 4 heteroatoms. The van der Waals surface area contributed by atoms with Crippen LogP contribution in [0.1, 0.15) is 48.6 Å². The van der Waals surface area contributed by atoms with Crippen LogP contribution in [0.4, 0.5) is 0 Å². The van der Waals surface area contributed by atoms with Gasteiger partial charge in [0.2, 0.25) is 10.0 Å². The van der Waals surface area contributed by atoms with E-state index >= 15 is 0 Å². The Hall–Kier alpha value is -2.20. The standard InChI is InChI=1S/C14H16N2O2/c1-4-10-7-11(5-2)14(9-16-18)12(6-3)13(10)8-15-17/h7H,4-6H2,1-3H3/p+2. The Morgan fingerprint density at radius 2 is 1.33 bits per heavy atom. The first-order valence-electron chi connectivity index (χ1n) is 6.11. The Morgan fingerprint density at radius 3 is 1.61 bits per heavy atom. The van der Waals surface area contributed by atoms with Crippen molar-refractivity contribution in [1.29, 1.82) is 0 Å². The van der Waals surface area contributed by atoms with Gasteiger partial charge in [0.1, 0.15) is 11.1 Å². The Balaban J connectivity index is 3.70. The van der Waals surface area contributed by atoms with E-state index in [9.17, 15) is 0 Å². The Kier molecular flexibility index (Phi) is 5.02. The van der Waals surface area contributed by atoms with Crippen LogP contribution in [0, 0.1) is 12.1 Å². The van der Waals surface area contributed by atoms with Crippen LogP contribution in [0.25, 0.3) is 10.0 Å². The van der Waals surface area contributed by atoms with Gasteiger partial charge >= 0.3 is 12.1 Å². The van der Waals surface area contributed by atoms with Gasteiger partial charge in [0.15, 0.2) is 0 Å². The fraction of sp³-hybridized carbons (Fsp3) is 0.429. The monoisotopic (exact) mass is 246 g/mol. The molecule has 0 aliphatic carbocycles. The van der Waals surface area contributed by atoms with E-state index in [1.165, 1.54) is 0 Å². The van der Waals surface area contributed by atoms with Gasteiger partial charge in [0.05, 0.1) is 0 Å². The van der Waals surface area contributed by atoms with E-state index in [1.54, 1.807) is 0 Å². The number of benzene rings is 1. The first-order valence-corrected chi connectivity index (χ1v) is 6.11. The minimum atomic E-state index is 0.733. The fourth-order valence-electron chi connectivity index (χ4n) is 2.16. The predicted molar refractivity (Wildman–Crippen MR) is 70.8 cm³/mol. The molecular weight excluding hydrogens is 228 g/mol. The summed E-state index contributed by atoms with van der Waals surface area (Å²) in [4.78, 5) is 0. The summed E-state index contributed by atoms with van der Waals surface area (Å²) in [6, 6.07) is 7.26. The zero-order chi connectivity index (χ0) is 13.5. The molecule has 0 amide bonds. The van der Waals surface area contributed by atoms with Crippen LogP contribution < -0.4 is 0 Å². The highest BCUT2D eigenvalue weighted by Crippen LogP contribution is 2.24. The van der Waals surface area contributed by atoms with Gasteiger partial charge in [-0.25, -0.2) is 0 Å². The van der Waals surface area contributed by atoms with Crippen LogP contribution in [0.2, 0.25) is 0 Å². The first kappa shape index (κ1) is 13.9. The molecule has 0 heterocycles. The van der Waals surface area contributed by atoms with E-state index < -0.39 is 0 Å². The van der Waals surface area contributed by atoms with E-state index in [1.807, 2.05) is 26.8 Å². The van der Waals surface area contributed by atoms with Crippen molar-refractivity contribution in [2.45, 2.75) is 40.0 Å². The van der Waals surface area contributed by atoms with Gasteiger partial charge in [-0.05, 0) is 36.0 Å². The third-order valence-electron chi connectivity index (χ3n) is 3.03. The van der Waals surface area contributed by atoms with Gasteiger partial charge in [-0.1, -0.05) is 26.8 Å². The van der Waals surface area contributed by atoms with E-state index in [0.717, 1.165) is 47.1 Å². The van der Waals surface area contributed by atoms with Gasteiger partial charge in [-0.3, -0.25) is 0 Å². The zero-order valence-electron chi connectivity index (χ0n) is 11.0. The minimum Gasteiger partial charge on any atom is -0.177 e. The number of hydrogen-bond acceptors (Lipinski definition) is 2. The summed E-state index contributed by atoms with van der Waals surface area (Å²) in [5.74, 6) is 0. The molecule has 0 aliphatic heterocycles. The molecule has 18 heavy (non-hydrogen) atoms. The molecule has 0 aliphatic rings. The second kappa shape index (κ2) is 6.51. The van der Waals surface area contributed by atoms with Crippen molar-refractivity contribution < 1.29 is 10.4 Å². The van der Waals surface area contributed by atoms with Crippen molar-refractivity contribution in [1.82, 2.24) is 0 Å². The highest BCUT2D eigenvalue weighted by molar-refractivity contribution is 5.57. The molecule has 0 saturated heterocycles. The molecular formula is C14H18N2O2+2. The van der Waals surface area contributed by atoms with E-state index in [2.05, 4.69) is 22.2 Å². The van der Waals surface area contributed by atoms with Crippen LogP contribution in [0.15, 0.2) is 6.07 Å². The Morgan fingerprint density at radius 1 is 0.889 bits per heavy atom. The first-order chi connectivity index (χ1) is 8.73. The predicted octanol–water partition coefficient (Wildman–Crippen LogP) is 3.51. The molecule has 0 aromatic heterocycles. The van der Waals surface area contributed by atoms with Crippen molar-refractivity contribution in [2.75, 3.05) is 0 Å². The normalized spacial score (nSPS) is 9.06. The lowest BCUT2D eigenvalue weighted by molar-refractivity contribution is 0.464. The lowest BCUT2D eigenvalue weighted by atomic mass is 9.89. The topological polar surface area (TPSA) is 49.2 Å². The molecule has 1 aromatic carbocycles. The largest absolute Gasteiger partial charge is 0.388 e. The lowest BCUT2D eigenvalue weighted by Gasteiger charge is -2.09. The molecule has 0 radical (unpaired) electrons. The quantitative estimate of drug-likeness (QED) is 0.802. The molecule has 0 unspecified atom stereocenters. The van der Waals surface area contributed by atoms with Crippen LogP contribution in [-0.4, -0.2) is 10.4 Å². The Bertz CT molecular complexity index is 511. The van der Waals surface area contributed by atoms with Crippen molar-refractivity contribution in [3.05, 3.63) is 43.9 Å². The number of aryl methyl sites for hydroxylation is 2. The van der Waals surface area contributed by atoms with Crippen LogP contribution in [0.5, 0.6) is 0 Å². The summed E-state index contributed by atoms with van der Waals surface area (Å²) in [6.45, 7) is 6.08. The summed E-state index contributed by atoms with van der Waals surface area (Å²) in [5.41, 5.74) is 4.63. The van der Waals surface area contributed by atoms with E-state index in [4.69, 9.17) is 10.4 Å². The van der Waals surface area contributed by atoms with E-state index in [0.29, 0.717) is 0 Å². The smallest absolute Gasteiger partial charge is 0.177 e. The molecule has 94 valence electrons. The molecule has 1 aromatic rings. The van der Waals surface area contributed by atoms with Crippen molar-refractivity contribution in [3.63, 3.8) is 0 Å². The summed E-state index contributed by atoms with van der Waals surface area (Å²) >= 11 is 0. The molecule has 4 nitrogen and oxygen atoms in total. The van der Waals surface area contributed by atoms with Gasteiger partial charge in [-0.2, -0.15) is 10.4 Å². The minimum absolute atomic E-state index is 0.733. The summed E-state index contributed by atoms with van der Waals surface area (Å²) in [7, 11) is 0. The maximum absolute atomic E-state index is 8.73. The maximum Gasteiger partial charge on any atom is 0.388 e.